The van der Waals surface area contributed by atoms with Gasteiger partial charge in [-0.25, -0.2) is 4.57 Å². The molecule has 0 aliphatic heterocycles. The van der Waals surface area contributed by atoms with Crippen molar-refractivity contribution in [2.75, 3.05) is 26.4 Å². The lowest BCUT2D eigenvalue weighted by molar-refractivity contribution is -0.161. The zero-order valence-corrected chi connectivity index (χ0v) is 36.7. The number of allylic oxidation sites excluding steroid dienone is 10. The first-order valence-corrected chi connectivity index (χ1v) is 23.7. The number of rotatable bonds is 41. The molecule has 3 N–H and O–H groups in total. The van der Waals surface area contributed by atoms with Crippen LogP contribution in [0.4, 0.5) is 0 Å². The van der Waals surface area contributed by atoms with Crippen molar-refractivity contribution in [3.8, 4) is 0 Å². The summed E-state index contributed by atoms with van der Waals surface area (Å²) in [6.07, 6.45) is 46.2. The molecule has 0 radical (unpaired) electrons. The number of ether oxygens (including phenoxy) is 2. The molecule has 57 heavy (non-hydrogen) atoms. The van der Waals surface area contributed by atoms with Gasteiger partial charge in [-0.3, -0.25) is 18.6 Å². The van der Waals surface area contributed by atoms with E-state index in [0.717, 1.165) is 51.4 Å². The predicted octanol–water partition coefficient (Wildman–Crippen LogP) is 11.9. The van der Waals surface area contributed by atoms with Crippen LogP contribution in [-0.2, 0) is 32.7 Å². The molecule has 0 amide bonds. The zero-order valence-electron chi connectivity index (χ0n) is 35.8. The molecule has 0 saturated carbocycles. The highest BCUT2D eigenvalue weighted by molar-refractivity contribution is 7.47. The van der Waals surface area contributed by atoms with Crippen molar-refractivity contribution < 1.29 is 47.8 Å². The predicted molar refractivity (Wildman–Crippen MR) is 233 cm³/mol. The van der Waals surface area contributed by atoms with Crippen molar-refractivity contribution in [1.82, 2.24) is 0 Å². The summed E-state index contributed by atoms with van der Waals surface area (Å²) < 4.78 is 32.7. The average Bonchev–Trinajstić information content (AvgIpc) is 3.20. The number of esters is 2. The van der Waals surface area contributed by atoms with E-state index < -0.39 is 51.8 Å². The maximum Gasteiger partial charge on any atom is 0.472 e. The Bertz CT molecular complexity index is 1130. The molecular formula is C46H81O10P. The number of phosphoric ester groups is 1. The van der Waals surface area contributed by atoms with Gasteiger partial charge in [0.1, 0.15) is 12.7 Å². The lowest BCUT2D eigenvalue weighted by Crippen LogP contribution is -2.29. The molecule has 3 atom stereocenters. The molecule has 0 fully saturated rings. The zero-order chi connectivity index (χ0) is 41.9. The van der Waals surface area contributed by atoms with Crippen molar-refractivity contribution in [2.24, 2.45) is 0 Å². The van der Waals surface area contributed by atoms with Crippen LogP contribution >= 0.6 is 7.82 Å². The van der Waals surface area contributed by atoms with Gasteiger partial charge in [0, 0.05) is 12.8 Å². The molecule has 330 valence electrons. The SMILES string of the molecule is CC/C=C/C/C=C/C/C=C/C/C=C/C/C=C/CCCC(=O)OC[C@H](COP(=O)(O)OC[C@@H](O)CO)OC(=O)CCCCCCCCCCCCCCCCCCC. The van der Waals surface area contributed by atoms with Crippen LogP contribution in [0.1, 0.15) is 181 Å². The van der Waals surface area contributed by atoms with Crippen LogP contribution < -0.4 is 0 Å². The first-order chi connectivity index (χ1) is 27.7. The highest BCUT2D eigenvalue weighted by Gasteiger charge is 2.27. The van der Waals surface area contributed by atoms with Gasteiger partial charge in [-0.2, -0.15) is 0 Å². The fourth-order valence-electron chi connectivity index (χ4n) is 5.79. The molecule has 0 aromatic rings. The molecule has 0 aliphatic carbocycles. The van der Waals surface area contributed by atoms with Crippen molar-refractivity contribution in [3.05, 3.63) is 60.8 Å². The summed E-state index contributed by atoms with van der Waals surface area (Å²) in [6.45, 7) is 2.21. The Hall–Kier alpha value is -2.33. The van der Waals surface area contributed by atoms with E-state index in [1.807, 2.05) is 6.08 Å². The lowest BCUT2D eigenvalue weighted by Gasteiger charge is -2.20. The second-order valence-electron chi connectivity index (χ2n) is 14.7. The van der Waals surface area contributed by atoms with Crippen LogP contribution in [0, 0.1) is 0 Å². The van der Waals surface area contributed by atoms with Crippen LogP contribution in [0.15, 0.2) is 60.8 Å². The molecule has 1 unspecified atom stereocenters. The van der Waals surface area contributed by atoms with Crippen molar-refractivity contribution in [1.29, 1.82) is 0 Å². The van der Waals surface area contributed by atoms with Gasteiger partial charge in [-0.1, -0.05) is 177 Å². The van der Waals surface area contributed by atoms with Gasteiger partial charge < -0.3 is 24.6 Å². The second-order valence-corrected chi connectivity index (χ2v) is 16.2. The topological polar surface area (TPSA) is 149 Å². The fourth-order valence-corrected chi connectivity index (χ4v) is 6.58. The molecule has 0 aliphatic rings. The minimum absolute atomic E-state index is 0.162. The number of carbonyl (C=O) groups is 2. The Kier molecular flexibility index (Phi) is 40.1. The van der Waals surface area contributed by atoms with Crippen molar-refractivity contribution >= 4 is 19.8 Å². The van der Waals surface area contributed by atoms with Gasteiger partial charge in [-0.05, 0) is 51.4 Å². The quantitative estimate of drug-likeness (QED) is 0.0235. The van der Waals surface area contributed by atoms with Gasteiger partial charge in [0.05, 0.1) is 19.8 Å². The van der Waals surface area contributed by atoms with E-state index in [1.54, 1.807) is 0 Å². The summed E-state index contributed by atoms with van der Waals surface area (Å²) in [7, 11) is -4.63. The molecule has 10 nitrogen and oxygen atoms in total. The van der Waals surface area contributed by atoms with Gasteiger partial charge in [0.2, 0.25) is 0 Å². The van der Waals surface area contributed by atoms with E-state index in [9.17, 15) is 24.2 Å². The molecule has 0 aromatic heterocycles. The van der Waals surface area contributed by atoms with E-state index in [4.69, 9.17) is 19.1 Å². The highest BCUT2D eigenvalue weighted by atomic mass is 31.2. The summed E-state index contributed by atoms with van der Waals surface area (Å²) in [4.78, 5) is 35.0. The fraction of sp³-hybridized carbons (Fsp3) is 0.739. The van der Waals surface area contributed by atoms with E-state index in [1.165, 1.54) is 83.5 Å². The molecule has 0 rings (SSSR count). The standard InChI is InChI=1S/C46H81O10P/c1-3-5-7-9-11-13-15-17-19-21-23-25-27-29-31-33-35-37-45(49)53-41-44(42-55-57(51,52)54-40-43(48)39-47)56-46(50)38-36-34-32-30-28-26-24-22-20-18-16-14-12-10-8-6-4-2/h5,7,11,13,17,19,23,25,29,31,43-44,47-48H,3-4,6,8-10,12,14-16,18,20-22,24,26-28,30,32-42H2,1-2H3,(H,51,52)/b7-5+,13-11+,19-17+,25-23+,31-29+/t43-,44+/m0/s1. The minimum Gasteiger partial charge on any atom is -0.462 e. The van der Waals surface area contributed by atoms with Gasteiger partial charge in [0.25, 0.3) is 0 Å². The van der Waals surface area contributed by atoms with E-state index in [0.29, 0.717) is 19.3 Å². The monoisotopic (exact) mass is 825 g/mol. The van der Waals surface area contributed by atoms with Crippen LogP contribution in [0.5, 0.6) is 0 Å². The number of hydrogen-bond acceptors (Lipinski definition) is 9. The van der Waals surface area contributed by atoms with Gasteiger partial charge >= 0.3 is 19.8 Å². The Morgan fingerprint density at radius 3 is 1.44 bits per heavy atom. The summed E-state index contributed by atoms with van der Waals surface area (Å²) in [5.74, 6) is -0.991. The number of hydrogen-bond donors (Lipinski definition) is 3. The third-order valence-electron chi connectivity index (χ3n) is 9.19. The number of aliphatic hydroxyl groups excluding tert-OH is 2. The molecule has 0 spiro atoms. The van der Waals surface area contributed by atoms with Crippen LogP contribution in [0.3, 0.4) is 0 Å². The average molecular weight is 825 g/mol. The maximum atomic E-state index is 12.6. The molecule has 0 bridgehead atoms. The third kappa shape index (κ3) is 41.6. The number of aliphatic hydroxyl groups is 2. The number of carbonyl (C=O) groups excluding carboxylic acids is 2. The van der Waals surface area contributed by atoms with Crippen molar-refractivity contribution in [2.45, 2.75) is 193 Å². The summed E-state index contributed by atoms with van der Waals surface area (Å²) in [6, 6.07) is 0. The summed E-state index contributed by atoms with van der Waals surface area (Å²) in [5.41, 5.74) is 0. The normalized spacial score (nSPS) is 14.4. The molecule has 0 heterocycles. The van der Waals surface area contributed by atoms with Gasteiger partial charge in [0.15, 0.2) is 6.10 Å². The van der Waals surface area contributed by atoms with Crippen LogP contribution in [-0.4, -0.2) is 65.7 Å². The Morgan fingerprint density at radius 2 is 0.965 bits per heavy atom. The van der Waals surface area contributed by atoms with E-state index in [2.05, 4.69) is 73.1 Å². The minimum atomic E-state index is -4.63. The van der Waals surface area contributed by atoms with E-state index >= 15 is 0 Å². The number of phosphoric acid groups is 1. The van der Waals surface area contributed by atoms with Crippen molar-refractivity contribution in [3.63, 3.8) is 0 Å². The molecular weight excluding hydrogens is 743 g/mol. The van der Waals surface area contributed by atoms with E-state index in [-0.39, 0.29) is 19.4 Å². The van der Waals surface area contributed by atoms with Gasteiger partial charge in [-0.15, -0.1) is 0 Å². The third-order valence-corrected chi connectivity index (χ3v) is 10.1. The smallest absolute Gasteiger partial charge is 0.462 e. The second kappa shape index (κ2) is 41.8. The molecule has 0 aromatic carbocycles. The lowest BCUT2D eigenvalue weighted by atomic mass is 10.0. The first kappa shape index (κ1) is 54.7. The Morgan fingerprint density at radius 1 is 0.544 bits per heavy atom. The Balaban J connectivity index is 4.36. The van der Waals surface area contributed by atoms with Crippen LogP contribution in [0.25, 0.3) is 0 Å². The largest absolute Gasteiger partial charge is 0.472 e. The molecule has 0 saturated heterocycles. The summed E-state index contributed by atoms with van der Waals surface area (Å²) in [5, 5.41) is 18.3. The highest BCUT2D eigenvalue weighted by Crippen LogP contribution is 2.43. The van der Waals surface area contributed by atoms with Crippen LogP contribution in [0.2, 0.25) is 0 Å². The molecule has 11 heteroatoms. The Labute approximate surface area is 346 Å². The first-order valence-electron chi connectivity index (χ1n) is 22.2. The number of unbranched alkanes of at least 4 members (excludes halogenated alkanes) is 17. The maximum absolute atomic E-state index is 12.6. The summed E-state index contributed by atoms with van der Waals surface area (Å²) >= 11 is 0.